The summed E-state index contributed by atoms with van der Waals surface area (Å²) in [5, 5.41) is 2.70. The Kier molecular flexibility index (Phi) is 3.92. The van der Waals surface area contributed by atoms with E-state index in [1.807, 2.05) is 6.07 Å². The Morgan fingerprint density at radius 3 is 2.68 bits per heavy atom. The Hall–Kier alpha value is -2.20. The zero-order valence-corrected chi connectivity index (χ0v) is 10.6. The Bertz CT molecular complexity index is 595. The van der Waals surface area contributed by atoms with Gasteiger partial charge in [0.2, 0.25) is 5.91 Å². The maximum absolute atomic E-state index is 11.5. The molecule has 5 heteroatoms. The molecule has 1 aliphatic rings. The van der Waals surface area contributed by atoms with E-state index < -0.39 is 17.6 Å². The van der Waals surface area contributed by atoms with Gasteiger partial charge in [-0.15, -0.1) is 0 Å². The van der Waals surface area contributed by atoms with Gasteiger partial charge in [-0.1, -0.05) is 35.9 Å². The van der Waals surface area contributed by atoms with Crippen molar-refractivity contribution in [1.82, 2.24) is 5.32 Å². The molecule has 0 unspecified atom stereocenters. The van der Waals surface area contributed by atoms with Crippen molar-refractivity contribution in [2.24, 2.45) is 0 Å². The van der Waals surface area contributed by atoms with Crippen LogP contribution in [0.25, 0.3) is 6.08 Å². The Labute approximate surface area is 114 Å². The first-order valence-corrected chi connectivity index (χ1v) is 5.95. The number of rotatable bonds is 2. The minimum atomic E-state index is -0.656. The van der Waals surface area contributed by atoms with Crippen LogP contribution in [-0.4, -0.2) is 17.6 Å². The third-order valence-corrected chi connectivity index (χ3v) is 2.75. The van der Waals surface area contributed by atoms with E-state index in [1.165, 1.54) is 6.08 Å². The molecule has 1 heterocycles. The Morgan fingerprint density at radius 2 is 2.00 bits per heavy atom. The lowest BCUT2D eigenvalue weighted by molar-refractivity contribution is -0.134. The van der Waals surface area contributed by atoms with Crippen LogP contribution in [0, 0.1) is 0 Å². The standard InChI is InChI=1S/C14H10ClNO3/c15-10-5-1-3-9(7-10)4-2-6-11-12(17)8-13(18)16-14(11)19/h1-7H,8H2,(H,16,18,19)/b4-2+,11-6+. The zero-order valence-electron chi connectivity index (χ0n) is 9.85. The summed E-state index contributed by atoms with van der Waals surface area (Å²) in [6.45, 7) is 0. The highest BCUT2D eigenvalue weighted by atomic mass is 35.5. The molecule has 0 aliphatic carbocycles. The van der Waals surface area contributed by atoms with Gasteiger partial charge in [0.05, 0.1) is 12.0 Å². The van der Waals surface area contributed by atoms with Crippen LogP contribution in [0.4, 0.5) is 0 Å². The first kappa shape index (κ1) is 13.2. The van der Waals surface area contributed by atoms with E-state index in [4.69, 9.17) is 11.6 Å². The van der Waals surface area contributed by atoms with E-state index in [2.05, 4.69) is 5.32 Å². The van der Waals surface area contributed by atoms with E-state index in [0.717, 1.165) is 5.56 Å². The van der Waals surface area contributed by atoms with Crippen molar-refractivity contribution in [3.8, 4) is 0 Å². The topological polar surface area (TPSA) is 63.2 Å². The fourth-order valence-electron chi connectivity index (χ4n) is 1.64. The van der Waals surface area contributed by atoms with Gasteiger partial charge in [0, 0.05) is 5.02 Å². The van der Waals surface area contributed by atoms with Gasteiger partial charge in [0.1, 0.15) is 0 Å². The first-order chi connectivity index (χ1) is 9.06. The highest BCUT2D eigenvalue weighted by Gasteiger charge is 2.27. The summed E-state index contributed by atoms with van der Waals surface area (Å²) in [6.07, 6.45) is 4.40. The molecule has 0 radical (unpaired) electrons. The monoisotopic (exact) mass is 275 g/mol. The van der Waals surface area contributed by atoms with E-state index in [9.17, 15) is 14.4 Å². The van der Waals surface area contributed by atoms with Crippen LogP contribution in [0.1, 0.15) is 12.0 Å². The van der Waals surface area contributed by atoms with Gasteiger partial charge in [0.25, 0.3) is 5.91 Å². The molecular formula is C14H10ClNO3. The van der Waals surface area contributed by atoms with Gasteiger partial charge in [-0.2, -0.15) is 0 Å². The molecule has 0 atom stereocenters. The molecule has 0 aromatic heterocycles. The second-order valence-corrected chi connectivity index (χ2v) is 4.41. The van der Waals surface area contributed by atoms with Crippen molar-refractivity contribution in [1.29, 1.82) is 0 Å². The fourth-order valence-corrected chi connectivity index (χ4v) is 1.84. The van der Waals surface area contributed by atoms with Crippen molar-refractivity contribution >= 4 is 35.3 Å². The average molecular weight is 276 g/mol. The summed E-state index contributed by atoms with van der Waals surface area (Å²) in [7, 11) is 0. The second-order valence-electron chi connectivity index (χ2n) is 3.97. The van der Waals surface area contributed by atoms with E-state index >= 15 is 0 Å². The molecule has 4 nitrogen and oxygen atoms in total. The largest absolute Gasteiger partial charge is 0.293 e. The first-order valence-electron chi connectivity index (χ1n) is 5.57. The van der Waals surface area contributed by atoms with Crippen molar-refractivity contribution < 1.29 is 14.4 Å². The highest BCUT2D eigenvalue weighted by molar-refractivity contribution is 6.31. The number of Topliss-reactive ketones (excluding diaryl/α,β-unsaturated/α-hetero) is 1. The molecule has 2 amide bonds. The molecule has 1 saturated heterocycles. The van der Waals surface area contributed by atoms with Crippen LogP contribution < -0.4 is 5.32 Å². The Morgan fingerprint density at radius 1 is 1.21 bits per heavy atom. The molecule has 1 N–H and O–H groups in total. The van der Waals surface area contributed by atoms with Crippen molar-refractivity contribution in [2.75, 3.05) is 0 Å². The molecule has 19 heavy (non-hydrogen) atoms. The van der Waals surface area contributed by atoms with Crippen LogP contribution in [0.5, 0.6) is 0 Å². The van der Waals surface area contributed by atoms with Crippen molar-refractivity contribution in [2.45, 2.75) is 6.42 Å². The zero-order chi connectivity index (χ0) is 13.8. The van der Waals surface area contributed by atoms with Crippen LogP contribution in [0.2, 0.25) is 5.02 Å². The van der Waals surface area contributed by atoms with E-state index in [1.54, 1.807) is 30.4 Å². The predicted molar refractivity (Wildman–Crippen MR) is 71.3 cm³/mol. The third kappa shape index (κ3) is 3.39. The van der Waals surface area contributed by atoms with Gasteiger partial charge in [-0.25, -0.2) is 0 Å². The van der Waals surface area contributed by atoms with Gasteiger partial charge < -0.3 is 0 Å². The normalized spacial score (nSPS) is 18.2. The summed E-state index contributed by atoms with van der Waals surface area (Å²) < 4.78 is 0. The van der Waals surface area contributed by atoms with Crippen LogP contribution in [-0.2, 0) is 14.4 Å². The molecule has 0 saturated carbocycles. The lowest BCUT2D eigenvalue weighted by Crippen LogP contribution is -2.40. The summed E-state index contributed by atoms with van der Waals surface area (Å²) in [5.41, 5.74) is 0.835. The number of ketones is 1. The fraction of sp³-hybridized carbons (Fsp3) is 0.0714. The number of halogens is 1. The van der Waals surface area contributed by atoms with Crippen molar-refractivity contribution in [3.05, 3.63) is 52.6 Å². The van der Waals surface area contributed by atoms with Crippen LogP contribution in [0.3, 0.4) is 0 Å². The number of carbonyl (C=O) groups is 3. The maximum Gasteiger partial charge on any atom is 0.261 e. The molecule has 1 aromatic carbocycles. The van der Waals surface area contributed by atoms with Crippen molar-refractivity contribution in [3.63, 3.8) is 0 Å². The summed E-state index contributed by atoms with van der Waals surface area (Å²) >= 11 is 5.83. The molecule has 1 fully saturated rings. The number of imide groups is 1. The molecule has 96 valence electrons. The minimum Gasteiger partial charge on any atom is -0.293 e. The molecule has 1 aliphatic heterocycles. The minimum absolute atomic E-state index is 0.0159. The maximum atomic E-state index is 11.5. The molecule has 0 spiro atoms. The molecule has 0 bridgehead atoms. The summed E-state index contributed by atoms with van der Waals surface area (Å²) in [6, 6.07) is 7.14. The lowest BCUT2D eigenvalue weighted by atomic mass is 10.0. The number of piperidine rings is 1. The summed E-state index contributed by atoms with van der Waals surface area (Å²) in [4.78, 5) is 33.9. The number of benzene rings is 1. The molecule has 1 aromatic rings. The Balaban J connectivity index is 2.16. The highest BCUT2D eigenvalue weighted by Crippen LogP contribution is 2.13. The predicted octanol–water partition coefficient (Wildman–Crippen LogP) is 1.90. The quantitative estimate of drug-likeness (QED) is 0.388. The number of hydrogen-bond donors (Lipinski definition) is 1. The molecular weight excluding hydrogens is 266 g/mol. The lowest BCUT2D eigenvalue weighted by Gasteiger charge is -2.11. The number of hydrogen-bond acceptors (Lipinski definition) is 3. The van der Waals surface area contributed by atoms with E-state index in [0.29, 0.717) is 5.02 Å². The smallest absolute Gasteiger partial charge is 0.261 e. The second kappa shape index (κ2) is 5.63. The van der Waals surface area contributed by atoms with Gasteiger partial charge >= 0.3 is 0 Å². The van der Waals surface area contributed by atoms with Gasteiger partial charge in [-0.05, 0) is 23.8 Å². The van der Waals surface area contributed by atoms with Crippen LogP contribution >= 0.6 is 11.6 Å². The number of nitrogens with one attached hydrogen (secondary N) is 1. The number of amides is 2. The molecule has 2 rings (SSSR count). The van der Waals surface area contributed by atoms with E-state index in [-0.39, 0.29) is 12.0 Å². The number of allylic oxidation sites excluding steroid dienone is 2. The number of carbonyl (C=O) groups excluding carboxylic acids is 3. The average Bonchev–Trinajstić information content (AvgIpc) is 2.32. The SMILES string of the molecule is O=C1CC(=O)/C(=C\C=C\c2cccc(Cl)c2)C(=O)N1. The summed E-state index contributed by atoms with van der Waals surface area (Å²) in [5.74, 6) is -1.69. The third-order valence-electron chi connectivity index (χ3n) is 2.52. The van der Waals surface area contributed by atoms with Gasteiger partial charge in [-0.3, -0.25) is 19.7 Å². The van der Waals surface area contributed by atoms with Crippen LogP contribution in [0.15, 0.2) is 42.0 Å². The van der Waals surface area contributed by atoms with Gasteiger partial charge in [0.15, 0.2) is 5.78 Å².